The van der Waals surface area contributed by atoms with Gasteiger partial charge in [0, 0.05) is 58.7 Å². The van der Waals surface area contributed by atoms with Crippen LogP contribution in [0.1, 0.15) is 26.2 Å². The number of nitrogens with one attached hydrogen (secondary N) is 3. The zero-order chi connectivity index (χ0) is 24.5. The van der Waals surface area contributed by atoms with Gasteiger partial charge in [-0.15, -0.1) is 0 Å². The molecule has 194 valence electrons. The largest absolute Gasteiger partial charge is 0.441 e. The zero-order valence-corrected chi connectivity index (χ0v) is 20.3. The maximum atomic E-state index is 13.9. The Morgan fingerprint density at radius 2 is 2.06 bits per heavy atom. The number of ether oxygens (including phenoxy) is 1. The van der Waals surface area contributed by atoms with Crippen molar-refractivity contribution in [1.29, 1.82) is 0 Å². The topological polar surface area (TPSA) is 141 Å². The van der Waals surface area contributed by atoms with Crippen LogP contribution in [0.5, 0.6) is 0 Å². The molecular weight excluding hydrogens is 443 g/mol. The number of carbonyl (C=O) groups is 2. The lowest BCUT2D eigenvalue weighted by molar-refractivity contribution is -0.131. The summed E-state index contributed by atoms with van der Waals surface area (Å²) in [6.45, 7) is 6.75. The lowest BCUT2D eigenvalue weighted by atomic mass is 9.88. The molecule has 4 aliphatic heterocycles. The Bertz CT molecular complexity index is 735. The minimum atomic E-state index is -0.984. The number of likely N-dealkylation sites (tertiary alicyclic amines) is 1. The van der Waals surface area contributed by atoms with Gasteiger partial charge < -0.3 is 31.7 Å². The summed E-state index contributed by atoms with van der Waals surface area (Å²) in [6, 6.07) is 0.0711. The van der Waals surface area contributed by atoms with Crippen molar-refractivity contribution < 1.29 is 18.7 Å². The third-order valence-corrected chi connectivity index (χ3v) is 7.93. The lowest BCUT2D eigenvalue weighted by Gasteiger charge is -2.46. The highest BCUT2D eigenvalue weighted by Crippen LogP contribution is 2.34. The molecule has 5 atom stereocenters. The van der Waals surface area contributed by atoms with Crippen LogP contribution >= 0.6 is 0 Å². The summed E-state index contributed by atoms with van der Waals surface area (Å²) in [6.07, 6.45) is -0.0400. The van der Waals surface area contributed by atoms with Gasteiger partial charge in [0.1, 0.15) is 11.8 Å². The Morgan fingerprint density at radius 3 is 2.68 bits per heavy atom. The van der Waals surface area contributed by atoms with Crippen molar-refractivity contribution in [2.24, 2.45) is 17.4 Å². The normalized spacial score (nSPS) is 33.8. The van der Waals surface area contributed by atoms with Gasteiger partial charge in [-0.2, -0.15) is 0 Å². The van der Waals surface area contributed by atoms with Crippen molar-refractivity contribution in [3.8, 4) is 0 Å². The predicted octanol–water partition coefficient (Wildman–Crippen LogP) is -1.80. The number of piperidine rings is 2. The number of hydrogen-bond donors (Lipinski definition) is 5. The number of amides is 2. The predicted molar refractivity (Wildman–Crippen MR) is 125 cm³/mol. The van der Waals surface area contributed by atoms with E-state index < -0.39 is 30.0 Å². The SMILES string of the molecule is CCN1CC(F)CNC1C(C(=O)NC1CNCCC1N1CCC2(CC1)CN(C)C(=O)O2)C(N)N. The van der Waals surface area contributed by atoms with E-state index in [0.717, 1.165) is 38.9 Å². The fraction of sp³-hybridized carbons (Fsp3) is 0.909. The smallest absolute Gasteiger partial charge is 0.410 e. The fourth-order valence-electron chi connectivity index (χ4n) is 6.04. The summed E-state index contributed by atoms with van der Waals surface area (Å²) >= 11 is 0. The monoisotopic (exact) mass is 484 g/mol. The van der Waals surface area contributed by atoms with Gasteiger partial charge in [0.2, 0.25) is 5.91 Å². The highest BCUT2D eigenvalue weighted by atomic mass is 19.1. The van der Waals surface area contributed by atoms with E-state index in [9.17, 15) is 14.0 Å². The van der Waals surface area contributed by atoms with Crippen LogP contribution in [0.25, 0.3) is 0 Å². The maximum absolute atomic E-state index is 13.9. The van der Waals surface area contributed by atoms with E-state index in [-0.39, 0.29) is 37.2 Å². The third kappa shape index (κ3) is 5.31. The molecule has 12 heteroatoms. The van der Waals surface area contributed by atoms with Crippen LogP contribution in [0.2, 0.25) is 0 Å². The molecular formula is C22H41FN8O3. The van der Waals surface area contributed by atoms with Crippen LogP contribution in [-0.4, -0.2) is 122 Å². The fourth-order valence-corrected chi connectivity index (χ4v) is 6.04. The number of hydrogen-bond acceptors (Lipinski definition) is 9. The summed E-state index contributed by atoms with van der Waals surface area (Å²) in [5.41, 5.74) is 11.8. The summed E-state index contributed by atoms with van der Waals surface area (Å²) in [4.78, 5) is 31.3. The van der Waals surface area contributed by atoms with Crippen molar-refractivity contribution in [2.75, 3.05) is 59.4 Å². The lowest BCUT2D eigenvalue weighted by Crippen LogP contribution is -2.68. The standard InChI is InChI=1S/C22H41FN8O3/c1-3-30-12-14(23)10-27-19(30)17(18(24)25)20(32)28-15-11-26-7-4-16(15)31-8-5-22(6-9-31)13-29(2)21(33)34-22/h14-19,26-27H,3-13,24-25H2,1-2H3,(H,28,32). The summed E-state index contributed by atoms with van der Waals surface area (Å²) < 4.78 is 19.6. The molecule has 5 unspecified atom stereocenters. The Morgan fingerprint density at radius 1 is 1.32 bits per heavy atom. The minimum absolute atomic E-state index is 0.0991. The number of rotatable bonds is 6. The van der Waals surface area contributed by atoms with Crippen LogP contribution in [0.4, 0.5) is 9.18 Å². The molecule has 0 aliphatic carbocycles. The second-order valence-corrected chi connectivity index (χ2v) is 10.3. The van der Waals surface area contributed by atoms with Gasteiger partial charge in [-0.25, -0.2) is 9.18 Å². The van der Waals surface area contributed by atoms with Crippen molar-refractivity contribution in [3.05, 3.63) is 0 Å². The first-order chi connectivity index (χ1) is 16.2. The van der Waals surface area contributed by atoms with Gasteiger partial charge >= 0.3 is 6.09 Å². The molecule has 0 saturated carbocycles. The van der Waals surface area contributed by atoms with E-state index in [1.165, 1.54) is 0 Å². The van der Waals surface area contributed by atoms with Crippen molar-refractivity contribution in [3.63, 3.8) is 0 Å². The van der Waals surface area contributed by atoms with Crippen LogP contribution < -0.4 is 27.4 Å². The first kappa shape index (κ1) is 25.5. The molecule has 7 N–H and O–H groups in total. The first-order valence-corrected chi connectivity index (χ1v) is 12.5. The maximum Gasteiger partial charge on any atom is 0.410 e. The van der Waals surface area contributed by atoms with Gasteiger partial charge in [0.15, 0.2) is 0 Å². The van der Waals surface area contributed by atoms with E-state index in [0.29, 0.717) is 19.6 Å². The average Bonchev–Trinajstić information content (AvgIpc) is 3.08. The Hall–Kier alpha value is -1.57. The second kappa shape index (κ2) is 10.6. The summed E-state index contributed by atoms with van der Waals surface area (Å²) in [7, 11) is 1.77. The molecule has 0 aromatic heterocycles. The van der Waals surface area contributed by atoms with Crippen LogP contribution in [0.15, 0.2) is 0 Å². The number of halogens is 1. The number of likely N-dealkylation sites (N-methyl/N-ethyl adjacent to an activating group) is 1. The molecule has 0 bridgehead atoms. The van der Waals surface area contributed by atoms with Crippen LogP contribution in [0, 0.1) is 5.92 Å². The molecule has 0 aromatic carbocycles. The van der Waals surface area contributed by atoms with Gasteiger partial charge in [0.05, 0.1) is 30.8 Å². The number of alkyl halides is 1. The molecule has 34 heavy (non-hydrogen) atoms. The number of carbonyl (C=O) groups excluding carboxylic acids is 2. The van der Waals surface area contributed by atoms with Crippen LogP contribution in [-0.2, 0) is 9.53 Å². The molecule has 0 aromatic rings. The first-order valence-electron chi connectivity index (χ1n) is 12.5. The zero-order valence-electron chi connectivity index (χ0n) is 20.3. The number of nitrogens with two attached hydrogens (primary N) is 2. The molecule has 4 saturated heterocycles. The summed E-state index contributed by atoms with van der Waals surface area (Å²) in [5.74, 6) is -0.908. The van der Waals surface area contributed by atoms with Crippen molar-refractivity contribution in [2.45, 2.75) is 62.4 Å². The Kier molecular flexibility index (Phi) is 7.95. The van der Waals surface area contributed by atoms with Gasteiger partial charge in [-0.05, 0) is 19.5 Å². The molecule has 11 nitrogen and oxygen atoms in total. The van der Waals surface area contributed by atoms with E-state index in [2.05, 4.69) is 20.9 Å². The quantitative estimate of drug-likeness (QED) is 0.276. The molecule has 4 fully saturated rings. The highest BCUT2D eigenvalue weighted by Gasteiger charge is 2.47. The van der Waals surface area contributed by atoms with E-state index in [4.69, 9.17) is 16.2 Å². The summed E-state index contributed by atoms with van der Waals surface area (Å²) in [5, 5.41) is 9.74. The molecule has 1 spiro atoms. The Balaban J connectivity index is 1.40. The number of nitrogens with zero attached hydrogens (tertiary/aromatic N) is 3. The van der Waals surface area contributed by atoms with Gasteiger partial charge in [0.25, 0.3) is 0 Å². The van der Waals surface area contributed by atoms with Gasteiger partial charge in [-0.3, -0.25) is 19.9 Å². The molecule has 2 amide bonds. The molecule has 4 rings (SSSR count). The van der Waals surface area contributed by atoms with E-state index in [1.807, 2.05) is 11.8 Å². The van der Waals surface area contributed by atoms with Crippen molar-refractivity contribution >= 4 is 12.0 Å². The van der Waals surface area contributed by atoms with Crippen LogP contribution in [0.3, 0.4) is 0 Å². The van der Waals surface area contributed by atoms with Gasteiger partial charge in [-0.1, -0.05) is 6.92 Å². The highest BCUT2D eigenvalue weighted by molar-refractivity contribution is 5.80. The Labute approximate surface area is 201 Å². The van der Waals surface area contributed by atoms with E-state index in [1.54, 1.807) is 11.9 Å². The average molecular weight is 485 g/mol. The second-order valence-electron chi connectivity index (χ2n) is 10.3. The van der Waals surface area contributed by atoms with E-state index >= 15 is 0 Å². The minimum Gasteiger partial charge on any atom is -0.441 e. The third-order valence-electron chi connectivity index (χ3n) is 7.93. The van der Waals surface area contributed by atoms with Crippen molar-refractivity contribution in [1.82, 2.24) is 30.7 Å². The molecule has 4 heterocycles. The molecule has 4 aliphatic rings. The molecule has 0 radical (unpaired) electrons.